The molecule has 1 N–H and O–H groups in total. The Hall–Kier alpha value is -3.13. The van der Waals surface area contributed by atoms with Crippen molar-refractivity contribution in [3.63, 3.8) is 0 Å². The van der Waals surface area contributed by atoms with E-state index in [-0.39, 0.29) is 17.3 Å². The summed E-state index contributed by atoms with van der Waals surface area (Å²) in [6, 6.07) is 13.9. The lowest BCUT2D eigenvalue weighted by Gasteiger charge is -2.13. The van der Waals surface area contributed by atoms with Gasteiger partial charge >= 0.3 is 0 Å². The average Bonchev–Trinajstić information content (AvgIpc) is 3.45. The van der Waals surface area contributed by atoms with E-state index < -0.39 is 5.82 Å². The van der Waals surface area contributed by atoms with Crippen molar-refractivity contribution in [1.29, 1.82) is 0 Å². The highest BCUT2D eigenvalue weighted by atomic mass is 32.2. The van der Waals surface area contributed by atoms with E-state index in [4.69, 9.17) is 4.74 Å². The second kappa shape index (κ2) is 10.5. The van der Waals surface area contributed by atoms with E-state index in [0.717, 1.165) is 24.2 Å². The van der Waals surface area contributed by atoms with Gasteiger partial charge in [-0.3, -0.25) is 9.36 Å². The highest BCUT2D eigenvalue weighted by Crippen LogP contribution is 2.28. The van der Waals surface area contributed by atoms with Crippen LogP contribution in [0.3, 0.4) is 0 Å². The number of hydrogen-bond donors (Lipinski definition) is 1. The number of anilines is 1. The van der Waals surface area contributed by atoms with Crippen molar-refractivity contribution in [3.8, 4) is 17.1 Å². The summed E-state index contributed by atoms with van der Waals surface area (Å²) >= 11 is 1.24. The number of amides is 1. The minimum absolute atomic E-state index is 0.0811. The number of allylic oxidation sites excluding steroid dienone is 1. The van der Waals surface area contributed by atoms with Crippen LogP contribution in [-0.2, 0) is 11.3 Å². The number of benzene rings is 2. The maximum atomic E-state index is 13.7. The Labute approximate surface area is 190 Å². The summed E-state index contributed by atoms with van der Waals surface area (Å²) in [7, 11) is 0. The van der Waals surface area contributed by atoms with Crippen molar-refractivity contribution in [3.05, 3.63) is 67.0 Å². The summed E-state index contributed by atoms with van der Waals surface area (Å²) in [6.07, 6.45) is 6.75. The third kappa shape index (κ3) is 5.37. The maximum Gasteiger partial charge on any atom is 0.234 e. The summed E-state index contributed by atoms with van der Waals surface area (Å²) in [5, 5.41) is 11.8. The summed E-state index contributed by atoms with van der Waals surface area (Å²) in [4.78, 5) is 12.3. The topological polar surface area (TPSA) is 69.0 Å². The van der Waals surface area contributed by atoms with Crippen LogP contribution in [0.5, 0.6) is 5.75 Å². The fourth-order valence-corrected chi connectivity index (χ4v) is 4.41. The van der Waals surface area contributed by atoms with Gasteiger partial charge in [0.2, 0.25) is 5.91 Å². The first-order valence-electron chi connectivity index (χ1n) is 10.6. The number of nitrogens with zero attached hydrogens (tertiary/aromatic N) is 3. The van der Waals surface area contributed by atoms with Crippen LogP contribution in [0, 0.1) is 5.82 Å². The summed E-state index contributed by atoms with van der Waals surface area (Å²) in [5.74, 6) is 0.841. The van der Waals surface area contributed by atoms with Crippen molar-refractivity contribution in [2.75, 3.05) is 11.1 Å². The molecule has 0 aliphatic heterocycles. The summed E-state index contributed by atoms with van der Waals surface area (Å²) < 4.78 is 21.7. The smallest absolute Gasteiger partial charge is 0.234 e. The molecule has 2 aromatic carbocycles. The van der Waals surface area contributed by atoms with Crippen LogP contribution in [0.15, 0.2) is 66.3 Å². The first-order chi connectivity index (χ1) is 15.6. The van der Waals surface area contributed by atoms with Crippen molar-refractivity contribution in [2.45, 2.75) is 43.5 Å². The molecule has 32 heavy (non-hydrogen) atoms. The zero-order valence-electron chi connectivity index (χ0n) is 17.7. The van der Waals surface area contributed by atoms with Crippen LogP contribution in [0.1, 0.15) is 25.7 Å². The van der Waals surface area contributed by atoms with Gasteiger partial charge in [0.05, 0.1) is 17.5 Å². The SMILES string of the molecule is C=CCn1c(SCC(=O)Nc2ccccc2F)nnc1-c1ccc(OC2CCCC2)cc1. The van der Waals surface area contributed by atoms with Crippen LogP contribution in [0.2, 0.25) is 0 Å². The number of carbonyl (C=O) groups is 1. The minimum atomic E-state index is -0.469. The molecular formula is C24H25FN4O2S. The van der Waals surface area contributed by atoms with Crippen molar-refractivity contribution < 1.29 is 13.9 Å². The second-order valence-corrected chi connectivity index (χ2v) is 8.51. The van der Waals surface area contributed by atoms with Crippen LogP contribution in [0.25, 0.3) is 11.4 Å². The monoisotopic (exact) mass is 452 g/mol. The lowest BCUT2D eigenvalue weighted by molar-refractivity contribution is -0.113. The summed E-state index contributed by atoms with van der Waals surface area (Å²) in [6.45, 7) is 4.32. The number of rotatable bonds is 9. The molecule has 1 aliphatic carbocycles. The number of halogens is 1. The van der Waals surface area contributed by atoms with Crippen LogP contribution < -0.4 is 10.1 Å². The van der Waals surface area contributed by atoms with Gasteiger partial charge in [0.15, 0.2) is 11.0 Å². The normalized spacial score (nSPS) is 13.8. The Kier molecular flexibility index (Phi) is 7.21. The first kappa shape index (κ1) is 22.1. The molecule has 0 unspecified atom stereocenters. The lowest BCUT2D eigenvalue weighted by atomic mass is 10.2. The lowest BCUT2D eigenvalue weighted by Crippen LogP contribution is -2.15. The van der Waals surface area contributed by atoms with Gasteiger partial charge < -0.3 is 10.1 Å². The number of nitrogens with one attached hydrogen (secondary N) is 1. The standard InChI is InChI=1S/C24H25FN4O2S/c1-2-15-29-23(17-11-13-19(14-12-17)31-18-7-3-4-8-18)27-28-24(29)32-16-22(30)26-21-10-6-5-9-20(21)25/h2,5-6,9-14,18H,1,3-4,7-8,15-16H2,(H,26,30). The van der Waals surface area contributed by atoms with Gasteiger partial charge in [0.25, 0.3) is 0 Å². The Morgan fingerprint density at radius 1 is 1.19 bits per heavy atom. The van der Waals surface area contributed by atoms with E-state index in [1.165, 1.54) is 36.7 Å². The number of carbonyl (C=O) groups excluding carboxylic acids is 1. The van der Waals surface area contributed by atoms with Gasteiger partial charge in [-0.1, -0.05) is 30.0 Å². The number of para-hydroxylation sites is 1. The molecule has 1 saturated carbocycles. The molecular weight excluding hydrogens is 427 g/mol. The van der Waals surface area contributed by atoms with Gasteiger partial charge in [-0.05, 0) is 62.1 Å². The van der Waals surface area contributed by atoms with E-state index in [9.17, 15) is 9.18 Å². The molecule has 1 fully saturated rings. The molecule has 0 saturated heterocycles. The molecule has 1 aromatic heterocycles. The minimum Gasteiger partial charge on any atom is -0.490 e. The van der Waals surface area contributed by atoms with E-state index in [1.807, 2.05) is 28.8 Å². The van der Waals surface area contributed by atoms with Crippen molar-refractivity contribution in [1.82, 2.24) is 14.8 Å². The van der Waals surface area contributed by atoms with Gasteiger partial charge in [-0.25, -0.2) is 4.39 Å². The summed E-state index contributed by atoms with van der Waals surface area (Å²) in [5.41, 5.74) is 1.06. The number of thioether (sulfide) groups is 1. The Morgan fingerprint density at radius 3 is 2.66 bits per heavy atom. The average molecular weight is 453 g/mol. The quantitative estimate of drug-likeness (QED) is 0.351. The maximum absolute atomic E-state index is 13.7. The highest BCUT2D eigenvalue weighted by molar-refractivity contribution is 7.99. The number of hydrogen-bond acceptors (Lipinski definition) is 5. The molecule has 3 aromatic rings. The number of aromatic nitrogens is 3. The van der Waals surface area contributed by atoms with Crippen LogP contribution in [0.4, 0.5) is 10.1 Å². The molecule has 0 bridgehead atoms. The van der Waals surface area contributed by atoms with Gasteiger partial charge in [-0.2, -0.15) is 0 Å². The first-order valence-corrected chi connectivity index (χ1v) is 11.6. The van der Waals surface area contributed by atoms with Crippen molar-refractivity contribution >= 4 is 23.4 Å². The highest BCUT2D eigenvalue weighted by Gasteiger charge is 2.18. The molecule has 1 amide bonds. The van der Waals surface area contributed by atoms with Gasteiger partial charge in [0, 0.05) is 12.1 Å². The van der Waals surface area contributed by atoms with E-state index in [0.29, 0.717) is 23.6 Å². The largest absolute Gasteiger partial charge is 0.490 e. The molecule has 6 nitrogen and oxygen atoms in total. The van der Waals surface area contributed by atoms with Crippen LogP contribution >= 0.6 is 11.8 Å². The number of ether oxygens (including phenoxy) is 1. The predicted molar refractivity (Wildman–Crippen MR) is 124 cm³/mol. The molecule has 166 valence electrons. The predicted octanol–water partition coefficient (Wildman–Crippen LogP) is 5.32. The zero-order chi connectivity index (χ0) is 22.3. The van der Waals surface area contributed by atoms with E-state index in [2.05, 4.69) is 22.1 Å². The molecule has 0 atom stereocenters. The Bertz CT molecular complexity index is 1080. The van der Waals surface area contributed by atoms with E-state index in [1.54, 1.807) is 18.2 Å². The fraction of sp³-hybridized carbons (Fsp3) is 0.292. The van der Waals surface area contributed by atoms with Gasteiger partial charge in [0.1, 0.15) is 11.6 Å². The molecule has 0 spiro atoms. The Morgan fingerprint density at radius 2 is 1.94 bits per heavy atom. The molecule has 8 heteroatoms. The molecule has 1 aliphatic rings. The second-order valence-electron chi connectivity index (χ2n) is 7.57. The third-order valence-corrected chi connectivity index (χ3v) is 6.19. The Balaban J connectivity index is 1.43. The van der Waals surface area contributed by atoms with Gasteiger partial charge in [-0.15, -0.1) is 16.8 Å². The molecule has 0 radical (unpaired) electrons. The molecule has 1 heterocycles. The fourth-order valence-electron chi connectivity index (χ4n) is 3.66. The molecule has 4 rings (SSSR count). The third-order valence-electron chi connectivity index (χ3n) is 5.23. The zero-order valence-corrected chi connectivity index (χ0v) is 18.5. The van der Waals surface area contributed by atoms with Crippen LogP contribution in [-0.4, -0.2) is 32.5 Å². The van der Waals surface area contributed by atoms with Crippen molar-refractivity contribution in [2.24, 2.45) is 0 Å². The van der Waals surface area contributed by atoms with E-state index >= 15 is 0 Å².